The van der Waals surface area contributed by atoms with Crippen LogP contribution in [0.4, 0.5) is 9.59 Å². The molecule has 5 N–H and O–H groups in total. The summed E-state index contributed by atoms with van der Waals surface area (Å²) in [7, 11) is -6.98. The smallest absolute Gasteiger partial charge is 0.407 e. The maximum absolute atomic E-state index is 13.8. The number of hydrogen-bond acceptors (Lipinski definition) is 18. The summed E-state index contributed by atoms with van der Waals surface area (Å²) in [5, 5.41) is 38.3. The summed E-state index contributed by atoms with van der Waals surface area (Å²) in [4.78, 5) is 37.8. The first-order chi connectivity index (χ1) is 39.1. The van der Waals surface area contributed by atoms with Gasteiger partial charge in [-0.05, 0) is 92.8 Å². The third kappa shape index (κ3) is 16.0. The number of phenolic OH excluding ortho intramolecular Hbond substituents is 1. The standard InChI is InChI=1S/C29H38N2O9S.C28H36N2O9S/c1-36-22-12-7-13-23(17-22)41(34,35)31(40-21-10-5-6-11-21)18-26(32)25(16-20-8-3-2-4-9-20)30-29(33)39-27-19-38-28-24(27)14-15-37-28;31-20-9-6-12-22(16-20)40(34,35)30(39-21-10-4-5-11-21)17-25(32)24(15-19-7-2-1-3-8-19)29-28(33)38-26-18-37-27-23(26)13-14-36-27/h2-4,7-9,12-13,17,21,24-28,32H,5-6,10-11,14-16,18-19H2,1H3,(H,30,33);1-3,6-9,12,16,21,23-27,31-32H,4-5,10-11,13-15,17-18H2,(H,29,33)/t24-,25-,26+,27?,28+;23-,24-,25+,26?,27+/m00/s1. The van der Waals surface area contributed by atoms with Gasteiger partial charge in [0.1, 0.15) is 23.7 Å². The van der Waals surface area contributed by atoms with Crippen molar-refractivity contribution in [3.05, 3.63) is 120 Å². The van der Waals surface area contributed by atoms with Crippen LogP contribution in [-0.2, 0) is 71.0 Å². The number of phenols is 1. The summed E-state index contributed by atoms with van der Waals surface area (Å²) in [6.45, 7) is 0.688. The highest BCUT2D eigenvalue weighted by Gasteiger charge is 2.46. The number of benzene rings is 4. The second-order valence-corrected chi connectivity index (χ2v) is 24.8. The van der Waals surface area contributed by atoms with Gasteiger partial charge < -0.3 is 59.1 Å². The van der Waals surface area contributed by atoms with Crippen LogP contribution in [0, 0.1) is 11.8 Å². The van der Waals surface area contributed by atoms with Crippen LogP contribution in [0.5, 0.6) is 11.5 Å². The zero-order valence-corrected chi connectivity index (χ0v) is 46.9. The van der Waals surface area contributed by atoms with Crippen molar-refractivity contribution in [2.24, 2.45) is 11.8 Å². The second-order valence-electron chi connectivity index (χ2n) is 21.1. The molecule has 4 heterocycles. The Morgan fingerprint density at radius 3 is 1.44 bits per heavy atom. The highest BCUT2D eigenvalue weighted by Crippen LogP contribution is 2.35. The number of carbonyl (C=O) groups is 2. The van der Waals surface area contributed by atoms with Crippen molar-refractivity contribution in [2.45, 2.75) is 148 Å². The molecule has 24 heteroatoms. The fourth-order valence-electron chi connectivity index (χ4n) is 11.0. The molecule has 2 amide bonds. The Balaban J connectivity index is 0.000000196. The van der Waals surface area contributed by atoms with Gasteiger partial charge in [-0.2, -0.15) is 0 Å². The van der Waals surface area contributed by atoms with Gasteiger partial charge in [-0.15, -0.1) is 0 Å². The number of aliphatic hydroxyl groups excluding tert-OH is 2. The minimum atomic E-state index is -4.25. The first kappa shape index (κ1) is 60.1. The number of aliphatic hydroxyl groups is 2. The van der Waals surface area contributed by atoms with Crippen molar-refractivity contribution < 1.29 is 84.6 Å². The number of alkyl carbamates (subject to hydrolysis) is 2. The molecule has 2 aliphatic carbocycles. The van der Waals surface area contributed by atoms with Crippen LogP contribution < -0.4 is 15.4 Å². The summed E-state index contributed by atoms with van der Waals surface area (Å²) in [6.07, 6.45) is 1.96. The number of methoxy groups -OCH3 is 1. The fraction of sp³-hybridized carbons (Fsp3) is 0.544. The molecule has 10 rings (SSSR count). The van der Waals surface area contributed by atoms with Gasteiger partial charge in [0, 0.05) is 6.07 Å². The van der Waals surface area contributed by atoms with E-state index in [2.05, 4.69) is 10.6 Å². The quantitative estimate of drug-likeness (QED) is 0.0554. The van der Waals surface area contributed by atoms with Gasteiger partial charge in [0.2, 0.25) is 0 Å². The van der Waals surface area contributed by atoms with Gasteiger partial charge >= 0.3 is 12.2 Å². The van der Waals surface area contributed by atoms with Crippen LogP contribution in [0.25, 0.3) is 0 Å². The van der Waals surface area contributed by atoms with E-state index in [-0.39, 0.29) is 78.2 Å². The van der Waals surface area contributed by atoms with Crippen molar-refractivity contribution in [3.63, 3.8) is 0 Å². The number of hydrogen-bond donors (Lipinski definition) is 5. The summed E-state index contributed by atoms with van der Waals surface area (Å²) in [5.41, 5.74) is 1.68. The maximum Gasteiger partial charge on any atom is 0.407 e. The molecule has 2 saturated carbocycles. The molecular formula is C57H74N4O18S2. The molecule has 2 unspecified atom stereocenters. The number of amides is 2. The summed E-state index contributed by atoms with van der Waals surface area (Å²) in [5.74, 6) is 0.0803. The van der Waals surface area contributed by atoms with E-state index in [0.29, 0.717) is 44.6 Å². The first-order valence-corrected chi connectivity index (χ1v) is 30.7. The lowest BCUT2D eigenvalue weighted by molar-refractivity contribution is -0.145. The lowest BCUT2D eigenvalue weighted by Gasteiger charge is -2.31. The lowest BCUT2D eigenvalue weighted by Crippen LogP contribution is -2.51. The molecule has 10 atom stereocenters. The maximum atomic E-state index is 13.8. The summed E-state index contributed by atoms with van der Waals surface area (Å²) in [6, 6.07) is 28.2. The molecular weight excluding hydrogens is 1090 g/mol. The van der Waals surface area contributed by atoms with Crippen LogP contribution in [-0.4, -0.2) is 161 Å². The molecule has 6 fully saturated rings. The number of sulfonamides is 2. The molecule has 0 spiro atoms. The number of carbonyl (C=O) groups excluding carboxylic acids is 2. The summed E-state index contributed by atoms with van der Waals surface area (Å²) < 4.78 is 95.0. The predicted molar refractivity (Wildman–Crippen MR) is 290 cm³/mol. The average Bonchev–Trinajstić information content (AvgIpc) is 4.49. The van der Waals surface area contributed by atoms with Gasteiger partial charge in [-0.25, -0.2) is 26.4 Å². The van der Waals surface area contributed by atoms with E-state index < -0.39 is 81.8 Å². The molecule has 81 heavy (non-hydrogen) atoms. The van der Waals surface area contributed by atoms with Gasteiger partial charge in [0.25, 0.3) is 20.0 Å². The molecule has 4 aromatic carbocycles. The number of fused-ring (bicyclic) bond motifs is 2. The molecule has 4 saturated heterocycles. The Labute approximate surface area is 472 Å². The minimum Gasteiger partial charge on any atom is -0.508 e. The molecule has 0 bridgehead atoms. The first-order valence-electron chi connectivity index (χ1n) is 27.8. The Hall–Kier alpha value is -5.48. The van der Waals surface area contributed by atoms with Crippen molar-refractivity contribution in [2.75, 3.05) is 46.6 Å². The lowest BCUT2D eigenvalue weighted by atomic mass is 10.0. The third-order valence-electron chi connectivity index (χ3n) is 15.4. The molecule has 4 aromatic rings. The monoisotopic (exact) mass is 1170 g/mol. The number of rotatable bonds is 23. The van der Waals surface area contributed by atoms with Gasteiger partial charge in [-0.1, -0.05) is 107 Å². The molecule has 4 aliphatic heterocycles. The Morgan fingerprint density at radius 2 is 1.01 bits per heavy atom. The van der Waals surface area contributed by atoms with Crippen LogP contribution in [0.15, 0.2) is 119 Å². The highest BCUT2D eigenvalue weighted by atomic mass is 32.2. The van der Waals surface area contributed by atoms with Crippen molar-refractivity contribution in [1.29, 1.82) is 0 Å². The van der Waals surface area contributed by atoms with E-state index in [4.69, 9.17) is 42.8 Å². The van der Waals surface area contributed by atoms with Crippen molar-refractivity contribution in [3.8, 4) is 11.5 Å². The molecule has 0 aromatic heterocycles. The van der Waals surface area contributed by atoms with E-state index in [1.807, 2.05) is 60.7 Å². The van der Waals surface area contributed by atoms with Crippen LogP contribution in [0.3, 0.4) is 0 Å². The average molecular weight is 1170 g/mol. The fourth-order valence-corrected chi connectivity index (χ4v) is 13.6. The number of aromatic hydroxyl groups is 1. The molecule has 0 radical (unpaired) electrons. The van der Waals surface area contributed by atoms with E-state index in [1.165, 1.54) is 37.4 Å². The number of hydroxylamine groups is 2. The van der Waals surface area contributed by atoms with Crippen LogP contribution in [0.1, 0.15) is 75.3 Å². The normalized spacial score (nSPS) is 24.4. The van der Waals surface area contributed by atoms with E-state index in [0.717, 1.165) is 64.7 Å². The topological polar surface area (TPSA) is 277 Å². The largest absolute Gasteiger partial charge is 0.508 e. The number of nitrogens with one attached hydrogen (secondary N) is 2. The predicted octanol–water partition coefficient (Wildman–Crippen LogP) is 5.74. The van der Waals surface area contributed by atoms with E-state index in [1.54, 1.807) is 12.1 Å². The Kier molecular flexibility index (Phi) is 20.9. The van der Waals surface area contributed by atoms with E-state index >= 15 is 0 Å². The summed E-state index contributed by atoms with van der Waals surface area (Å²) >= 11 is 0. The van der Waals surface area contributed by atoms with Crippen LogP contribution >= 0.6 is 0 Å². The molecule has 442 valence electrons. The number of ether oxygens (including phenoxy) is 7. The van der Waals surface area contributed by atoms with Gasteiger partial charge in [0.05, 0.1) is 105 Å². The van der Waals surface area contributed by atoms with Crippen molar-refractivity contribution >= 4 is 32.2 Å². The Bertz CT molecular complexity index is 2880. The minimum absolute atomic E-state index is 0.0244. The SMILES string of the molecule is COc1cccc(S(=O)(=O)N(C[C@@H](O)[C@H](Cc2ccccc2)NC(=O)OC2CO[C@H]3OCC[C@@H]23)OC2CCCC2)c1.O=C(N[C@@H](Cc1ccccc1)[C@H](O)CN(OC1CCCC1)S(=O)(=O)c1cccc(O)c1)OC1CO[C@H]2OCC[C@@H]12. The molecule has 6 aliphatic rings. The van der Waals surface area contributed by atoms with Crippen LogP contribution in [0.2, 0.25) is 0 Å². The highest BCUT2D eigenvalue weighted by molar-refractivity contribution is 7.89. The van der Waals surface area contributed by atoms with E-state index in [9.17, 15) is 41.7 Å². The zero-order valence-electron chi connectivity index (χ0n) is 45.2. The van der Waals surface area contributed by atoms with Gasteiger partial charge in [-0.3, -0.25) is 9.68 Å². The van der Waals surface area contributed by atoms with Gasteiger partial charge in [0.15, 0.2) is 12.6 Å². The number of nitrogens with zero attached hydrogens (tertiary/aromatic N) is 2. The third-order valence-corrected chi connectivity index (χ3v) is 18.7. The zero-order chi connectivity index (χ0) is 56.9. The Morgan fingerprint density at radius 1 is 0.580 bits per heavy atom. The molecule has 22 nitrogen and oxygen atoms in total. The second kappa shape index (κ2) is 28.2. The van der Waals surface area contributed by atoms with Crippen molar-refractivity contribution in [1.82, 2.24) is 19.6 Å².